The number of rotatable bonds is 10. The first kappa shape index (κ1) is 23.3. The number of nitrogens with one attached hydrogen (secondary N) is 1. The fourth-order valence-electron chi connectivity index (χ4n) is 4.97. The van der Waals surface area contributed by atoms with E-state index in [2.05, 4.69) is 77.2 Å². The highest BCUT2D eigenvalue weighted by Crippen LogP contribution is 2.33. The summed E-state index contributed by atoms with van der Waals surface area (Å²) in [6.07, 6.45) is 7.04. The van der Waals surface area contributed by atoms with Gasteiger partial charge in [0.2, 0.25) is 0 Å². The van der Waals surface area contributed by atoms with Crippen LogP contribution in [0, 0.1) is 0 Å². The molecule has 0 saturated carbocycles. The van der Waals surface area contributed by atoms with Crippen molar-refractivity contribution in [1.29, 1.82) is 0 Å². The van der Waals surface area contributed by atoms with Gasteiger partial charge >= 0.3 is 0 Å². The van der Waals surface area contributed by atoms with E-state index in [0.717, 1.165) is 56.6 Å². The highest BCUT2D eigenvalue weighted by atomic mass is 16.1. The number of fused-ring (bicyclic) bond motifs is 1. The van der Waals surface area contributed by atoms with Crippen LogP contribution in [0.1, 0.15) is 61.1 Å². The minimum Gasteiger partial charge on any atom is -0.351 e. The molecule has 33 heavy (non-hydrogen) atoms. The normalized spacial score (nSPS) is 13.2. The molecule has 0 radical (unpaired) electrons. The number of carbonyl (C=O) groups excluding carboxylic acids is 1. The number of nitrogens with zero attached hydrogens (tertiary/aromatic N) is 2. The van der Waals surface area contributed by atoms with Crippen molar-refractivity contribution in [2.75, 3.05) is 26.2 Å². The molecule has 174 valence electrons. The van der Waals surface area contributed by atoms with Crippen molar-refractivity contribution in [2.45, 2.75) is 52.4 Å². The number of carbonyl (C=O) groups is 1. The average Bonchev–Trinajstić information content (AvgIpc) is 3.24. The van der Waals surface area contributed by atoms with E-state index in [4.69, 9.17) is 0 Å². The lowest BCUT2D eigenvalue weighted by Gasteiger charge is -2.21. The monoisotopic (exact) mass is 443 g/mol. The van der Waals surface area contributed by atoms with Crippen molar-refractivity contribution < 1.29 is 4.79 Å². The topological polar surface area (TPSA) is 37.3 Å². The van der Waals surface area contributed by atoms with E-state index in [9.17, 15) is 4.79 Å². The summed E-state index contributed by atoms with van der Waals surface area (Å²) in [5.74, 6) is 0.00677. The van der Waals surface area contributed by atoms with Crippen molar-refractivity contribution in [2.24, 2.45) is 0 Å². The predicted octanol–water partition coefficient (Wildman–Crippen LogP) is 5.87. The summed E-state index contributed by atoms with van der Waals surface area (Å²) in [6.45, 7) is 8.17. The van der Waals surface area contributed by atoms with Gasteiger partial charge in [-0.1, -0.05) is 44.2 Å². The van der Waals surface area contributed by atoms with Gasteiger partial charge < -0.3 is 14.8 Å². The lowest BCUT2D eigenvalue weighted by atomic mass is 9.98. The number of aryl methyl sites for hydroxylation is 1. The molecule has 0 aliphatic heterocycles. The van der Waals surface area contributed by atoms with Crippen molar-refractivity contribution in [3.8, 4) is 16.9 Å². The van der Waals surface area contributed by atoms with Gasteiger partial charge in [-0.3, -0.25) is 4.79 Å². The van der Waals surface area contributed by atoms with Gasteiger partial charge in [0, 0.05) is 30.0 Å². The van der Waals surface area contributed by atoms with Gasteiger partial charge in [-0.25, -0.2) is 0 Å². The third kappa shape index (κ3) is 5.56. The van der Waals surface area contributed by atoms with Gasteiger partial charge in [0.15, 0.2) is 0 Å². The van der Waals surface area contributed by atoms with E-state index in [1.807, 2.05) is 12.1 Å². The molecule has 1 aromatic heterocycles. The Bertz CT molecular complexity index is 1030. The lowest BCUT2D eigenvalue weighted by molar-refractivity contribution is 0.0948. The fourth-order valence-corrected chi connectivity index (χ4v) is 4.97. The van der Waals surface area contributed by atoms with Crippen molar-refractivity contribution >= 4 is 5.91 Å². The van der Waals surface area contributed by atoms with Gasteiger partial charge in [-0.05, 0) is 93.1 Å². The molecule has 1 amide bonds. The molecule has 0 unspecified atom stereocenters. The molecule has 2 aromatic carbocycles. The molecule has 0 atom stereocenters. The first-order valence-electron chi connectivity index (χ1n) is 12.6. The maximum absolute atomic E-state index is 12.7. The average molecular weight is 444 g/mol. The lowest BCUT2D eigenvalue weighted by Crippen LogP contribution is -2.35. The molecular formula is C29H37N3O. The summed E-state index contributed by atoms with van der Waals surface area (Å²) in [6, 6.07) is 21.1. The Hall–Kier alpha value is -2.85. The Morgan fingerprint density at radius 2 is 1.61 bits per heavy atom. The van der Waals surface area contributed by atoms with Crippen LogP contribution in [0.3, 0.4) is 0 Å². The zero-order valence-corrected chi connectivity index (χ0v) is 20.1. The van der Waals surface area contributed by atoms with E-state index in [0.29, 0.717) is 6.54 Å². The molecule has 1 aliphatic rings. The number of aromatic nitrogens is 1. The van der Waals surface area contributed by atoms with Crippen LogP contribution in [-0.4, -0.2) is 41.6 Å². The number of hydrogen-bond acceptors (Lipinski definition) is 2. The zero-order chi connectivity index (χ0) is 23.0. The Kier molecular flexibility index (Phi) is 8.01. The molecule has 3 aromatic rings. The van der Waals surface area contributed by atoms with Gasteiger partial charge in [-0.2, -0.15) is 0 Å². The molecule has 4 heteroatoms. The second kappa shape index (κ2) is 11.3. The van der Waals surface area contributed by atoms with Crippen LogP contribution in [-0.2, 0) is 12.8 Å². The number of benzene rings is 2. The third-order valence-electron chi connectivity index (χ3n) is 6.55. The molecule has 0 bridgehead atoms. The van der Waals surface area contributed by atoms with Crippen LogP contribution in [0.4, 0.5) is 0 Å². The fraction of sp³-hybridized carbons (Fsp3) is 0.414. The van der Waals surface area contributed by atoms with Gasteiger partial charge in [0.25, 0.3) is 5.91 Å². The van der Waals surface area contributed by atoms with E-state index in [1.165, 1.54) is 35.4 Å². The molecule has 1 aliphatic carbocycles. The van der Waals surface area contributed by atoms with Crippen molar-refractivity contribution in [1.82, 2.24) is 14.8 Å². The Morgan fingerprint density at radius 1 is 0.909 bits per heavy atom. The van der Waals surface area contributed by atoms with Gasteiger partial charge in [0.05, 0.1) is 5.69 Å². The van der Waals surface area contributed by atoms with E-state index in [-0.39, 0.29) is 5.91 Å². The second-order valence-electron chi connectivity index (χ2n) is 9.05. The van der Waals surface area contributed by atoms with Gasteiger partial charge in [0.1, 0.15) is 0 Å². The van der Waals surface area contributed by atoms with Crippen LogP contribution in [0.2, 0.25) is 0 Å². The molecule has 0 fully saturated rings. The molecule has 0 spiro atoms. The minimum atomic E-state index is 0.00677. The Morgan fingerprint density at radius 3 is 2.30 bits per heavy atom. The number of amides is 1. The summed E-state index contributed by atoms with van der Waals surface area (Å²) < 4.78 is 2.40. The van der Waals surface area contributed by atoms with E-state index < -0.39 is 0 Å². The quantitative estimate of drug-likeness (QED) is 0.425. The predicted molar refractivity (Wildman–Crippen MR) is 137 cm³/mol. The Balaban J connectivity index is 1.50. The summed E-state index contributed by atoms with van der Waals surface area (Å²) in [5, 5.41) is 3.10. The highest BCUT2D eigenvalue weighted by Gasteiger charge is 2.20. The summed E-state index contributed by atoms with van der Waals surface area (Å²) >= 11 is 0. The van der Waals surface area contributed by atoms with Crippen LogP contribution in [0.5, 0.6) is 0 Å². The highest BCUT2D eigenvalue weighted by molar-refractivity contribution is 5.94. The summed E-state index contributed by atoms with van der Waals surface area (Å²) in [4.78, 5) is 15.1. The maximum atomic E-state index is 12.7. The molecule has 4 nitrogen and oxygen atoms in total. The molecule has 4 rings (SSSR count). The standard InChI is InChI=1S/C29H37N3O/c1-3-19-31(20-4-2)21-18-30-29(33)24-14-16-26(17-15-24)32-27-13-9-8-12-25(27)22-28(32)23-10-6-5-7-11-23/h5-7,10-11,14-17,22H,3-4,8-9,12-13,18-21H2,1-2H3,(H,30,33). The van der Waals surface area contributed by atoms with Crippen LogP contribution >= 0.6 is 0 Å². The molecular weight excluding hydrogens is 406 g/mol. The van der Waals surface area contributed by atoms with E-state index >= 15 is 0 Å². The smallest absolute Gasteiger partial charge is 0.251 e. The first-order valence-corrected chi connectivity index (χ1v) is 12.6. The second-order valence-corrected chi connectivity index (χ2v) is 9.05. The van der Waals surface area contributed by atoms with Crippen molar-refractivity contribution in [3.05, 3.63) is 77.5 Å². The zero-order valence-electron chi connectivity index (χ0n) is 20.1. The maximum Gasteiger partial charge on any atom is 0.251 e. The van der Waals surface area contributed by atoms with Crippen LogP contribution < -0.4 is 5.32 Å². The summed E-state index contributed by atoms with van der Waals surface area (Å²) in [5.41, 5.74) is 7.21. The van der Waals surface area contributed by atoms with E-state index in [1.54, 1.807) is 0 Å². The summed E-state index contributed by atoms with van der Waals surface area (Å²) in [7, 11) is 0. The van der Waals surface area contributed by atoms with Crippen LogP contribution in [0.25, 0.3) is 16.9 Å². The Labute approximate surface area is 198 Å². The molecule has 1 heterocycles. The first-order chi connectivity index (χ1) is 16.2. The van der Waals surface area contributed by atoms with Crippen molar-refractivity contribution in [3.63, 3.8) is 0 Å². The number of hydrogen-bond donors (Lipinski definition) is 1. The molecule has 1 N–H and O–H groups in total. The van der Waals surface area contributed by atoms with Gasteiger partial charge in [-0.15, -0.1) is 0 Å². The molecule has 0 saturated heterocycles. The largest absolute Gasteiger partial charge is 0.351 e. The third-order valence-corrected chi connectivity index (χ3v) is 6.55. The SMILES string of the molecule is CCCN(CCC)CCNC(=O)c1ccc(-n2c(-c3ccccc3)cc3c2CCCC3)cc1. The van der Waals surface area contributed by atoms with Crippen LogP contribution in [0.15, 0.2) is 60.7 Å². The minimum absolute atomic E-state index is 0.00677.